The van der Waals surface area contributed by atoms with Gasteiger partial charge in [-0.3, -0.25) is 0 Å². The smallest absolute Gasteiger partial charge is 0.00466 e. The SMILES string of the molecule is CC=C[CH]C=C(C)C. The lowest BCUT2D eigenvalue weighted by atomic mass is 10.2. The summed E-state index contributed by atoms with van der Waals surface area (Å²) in [5.74, 6) is 0. The second-order valence-corrected chi connectivity index (χ2v) is 1.96. The van der Waals surface area contributed by atoms with Gasteiger partial charge in [0.2, 0.25) is 0 Å². The van der Waals surface area contributed by atoms with Gasteiger partial charge >= 0.3 is 0 Å². The Morgan fingerprint density at radius 3 is 2.25 bits per heavy atom. The van der Waals surface area contributed by atoms with Crippen LogP contribution in [-0.2, 0) is 0 Å². The third-order valence-corrected chi connectivity index (χ3v) is 0.733. The molecule has 0 heteroatoms. The highest BCUT2D eigenvalue weighted by atomic mass is 13.8. The van der Waals surface area contributed by atoms with Gasteiger partial charge < -0.3 is 0 Å². The van der Waals surface area contributed by atoms with Crippen molar-refractivity contribution in [1.82, 2.24) is 0 Å². The van der Waals surface area contributed by atoms with Crippen molar-refractivity contribution >= 4 is 0 Å². The lowest BCUT2D eigenvalue weighted by Gasteiger charge is -1.82. The predicted octanol–water partition coefficient (Wildman–Crippen LogP) is 2.73. The van der Waals surface area contributed by atoms with Crippen LogP contribution in [0.15, 0.2) is 23.8 Å². The zero-order valence-electron chi connectivity index (χ0n) is 5.81. The Morgan fingerprint density at radius 1 is 1.25 bits per heavy atom. The summed E-state index contributed by atoms with van der Waals surface area (Å²) in [5.41, 5.74) is 1.34. The molecule has 8 heavy (non-hydrogen) atoms. The Labute approximate surface area is 51.9 Å². The van der Waals surface area contributed by atoms with Gasteiger partial charge in [0.1, 0.15) is 0 Å². The topological polar surface area (TPSA) is 0 Å². The zero-order chi connectivity index (χ0) is 6.41. The van der Waals surface area contributed by atoms with E-state index in [1.54, 1.807) is 0 Å². The fourth-order valence-corrected chi connectivity index (χ4v) is 0.359. The van der Waals surface area contributed by atoms with Crippen LogP contribution in [0, 0.1) is 6.42 Å². The Bertz CT molecular complexity index is 92.6. The van der Waals surface area contributed by atoms with Crippen LogP contribution in [0.5, 0.6) is 0 Å². The van der Waals surface area contributed by atoms with Gasteiger partial charge in [-0.2, -0.15) is 0 Å². The standard InChI is InChI=1S/C8H13/c1-4-5-6-7-8(2)3/h4-7H,1-3H3. The molecular weight excluding hydrogens is 96.1 g/mol. The van der Waals surface area contributed by atoms with Crippen LogP contribution in [-0.4, -0.2) is 0 Å². The van der Waals surface area contributed by atoms with Crippen LogP contribution in [0.1, 0.15) is 20.8 Å². The first-order valence-corrected chi connectivity index (χ1v) is 2.87. The molecule has 45 valence electrons. The van der Waals surface area contributed by atoms with E-state index in [9.17, 15) is 0 Å². The zero-order valence-corrected chi connectivity index (χ0v) is 5.81. The third kappa shape index (κ3) is 5.48. The molecular formula is C8H13. The van der Waals surface area contributed by atoms with E-state index in [0.717, 1.165) is 0 Å². The molecule has 0 rings (SSSR count). The van der Waals surface area contributed by atoms with Crippen molar-refractivity contribution in [3.63, 3.8) is 0 Å². The van der Waals surface area contributed by atoms with E-state index in [1.165, 1.54) is 5.57 Å². The largest absolute Gasteiger partial charge is 0.0910 e. The highest BCUT2D eigenvalue weighted by Crippen LogP contribution is 1.91. The van der Waals surface area contributed by atoms with Gasteiger partial charge in [-0.1, -0.05) is 23.8 Å². The summed E-state index contributed by atoms with van der Waals surface area (Å²) < 4.78 is 0. The molecule has 0 aliphatic heterocycles. The molecule has 0 unspecified atom stereocenters. The normalized spacial score (nSPS) is 9.88. The van der Waals surface area contributed by atoms with Gasteiger partial charge in [-0.05, 0) is 20.8 Å². The minimum absolute atomic E-state index is 1.34. The first-order valence-electron chi connectivity index (χ1n) is 2.87. The molecule has 0 heterocycles. The van der Waals surface area contributed by atoms with Gasteiger partial charge in [0.05, 0.1) is 0 Å². The number of allylic oxidation sites excluding steroid dienone is 4. The van der Waals surface area contributed by atoms with Gasteiger partial charge in [0.25, 0.3) is 0 Å². The monoisotopic (exact) mass is 109 g/mol. The Balaban J connectivity index is 3.30. The van der Waals surface area contributed by atoms with E-state index < -0.39 is 0 Å². The van der Waals surface area contributed by atoms with Gasteiger partial charge in [-0.25, -0.2) is 0 Å². The Kier molecular flexibility index (Phi) is 4.33. The summed E-state index contributed by atoms with van der Waals surface area (Å²) in [4.78, 5) is 0. The Hall–Kier alpha value is -0.520. The highest BCUT2D eigenvalue weighted by molar-refractivity contribution is 5.11. The van der Waals surface area contributed by atoms with Crippen molar-refractivity contribution in [2.45, 2.75) is 20.8 Å². The van der Waals surface area contributed by atoms with Crippen molar-refractivity contribution in [2.75, 3.05) is 0 Å². The first-order chi connectivity index (χ1) is 3.77. The van der Waals surface area contributed by atoms with E-state index >= 15 is 0 Å². The molecule has 1 radical (unpaired) electrons. The lowest BCUT2D eigenvalue weighted by Crippen LogP contribution is -1.63. The van der Waals surface area contributed by atoms with E-state index in [4.69, 9.17) is 0 Å². The molecule has 0 spiro atoms. The third-order valence-electron chi connectivity index (χ3n) is 0.733. The average Bonchev–Trinajstić information content (AvgIpc) is 1.66. The molecule has 0 N–H and O–H groups in total. The highest BCUT2D eigenvalue weighted by Gasteiger charge is 1.71. The summed E-state index contributed by atoms with van der Waals surface area (Å²) in [6, 6.07) is 0. The van der Waals surface area contributed by atoms with E-state index in [-0.39, 0.29) is 0 Å². The van der Waals surface area contributed by atoms with Crippen molar-refractivity contribution < 1.29 is 0 Å². The second kappa shape index (κ2) is 4.63. The van der Waals surface area contributed by atoms with Crippen LogP contribution < -0.4 is 0 Å². The van der Waals surface area contributed by atoms with Crippen LogP contribution in [0.25, 0.3) is 0 Å². The van der Waals surface area contributed by atoms with Crippen LogP contribution in [0.4, 0.5) is 0 Å². The summed E-state index contributed by atoms with van der Waals surface area (Å²) in [6.45, 7) is 6.18. The lowest BCUT2D eigenvalue weighted by molar-refractivity contribution is 1.38. The van der Waals surface area contributed by atoms with Crippen molar-refractivity contribution in [3.8, 4) is 0 Å². The predicted molar refractivity (Wildman–Crippen MR) is 38.5 cm³/mol. The fraction of sp³-hybridized carbons (Fsp3) is 0.375. The molecule has 0 aromatic carbocycles. The van der Waals surface area contributed by atoms with Crippen molar-refractivity contribution in [3.05, 3.63) is 30.2 Å². The molecule has 0 aliphatic carbocycles. The average molecular weight is 109 g/mol. The molecule has 0 fully saturated rings. The summed E-state index contributed by atoms with van der Waals surface area (Å²) in [5, 5.41) is 0. The van der Waals surface area contributed by atoms with Crippen LogP contribution >= 0.6 is 0 Å². The Morgan fingerprint density at radius 2 is 1.88 bits per heavy atom. The quantitative estimate of drug-likeness (QED) is 0.511. The van der Waals surface area contributed by atoms with E-state index in [2.05, 4.69) is 19.9 Å². The van der Waals surface area contributed by atoms with Gasteiger partial charge in [0.15, 0.2) is 0 Å². The maximum atomic E-state index is 2.08. The summed E-state index contributed by atoms with van der Waals surface area (Å²) in [7, 11) is 0. The molecule has 0 aromatic rings. The minimum atomic E-state index is 1.34. The summed E-state index contributed by atoms with van der Waals surface area (Å²) in [6.07, 6.45) is 8.15. The molecule has 0 amide bonds. The van der Waals surface area contributed by atoms with Gasteiger partial charge in [0, 0.05) is 6.42 Å². The maximum Gasteiger partial charge on any atom is 0.00466 e. The van der Waals surface area contributed by atoms with E-state index in [0.29, 0.717) is 0 Å². The minimum Gasteiger partial charge on any atom is -0.0910 e. The van der Waals surface area contributed by atoms with Gasteiger partial charge in [-0.15, -0.1) is 0 Å². The molecule has 0 nitrogen and oxygen atoms in total. The summed E-state index contributed by atoms with van der Waals surface area (Å²) >= 11 is 0. The first kappa shape index (κ1) is 7.48. The molecule has 0 atom stereocenters. The molecule has 0 aliphatic rings. The van der Waals surface area contributed by atoms with Crippen LogP contribution in [0.2, 0.25) is 0 Å². The number of rotatable bonds is 2. The molecule has 0 saturated carbocycles. The second-order valence-electron chi connectivity index (χ2n) is 1.96. The van der Waals surface area contributed by atoms with Crippen molar-refractivity contribution in [2.24, 2.45) is 0 Å². The number of hydrogen-bond donors (Lipinski definition) is 0. The molecule has 0 saturated heterocycles. The van der Waals surface area contributed by atoms with Crippen molar-refractivity contribution in [1.29, 1.82) is 0 Å². The fourth-order valence-electron chi connectivity index (χ4n) is 0.359. The van der Waals surface area contributed by atoms with Crippen LogP contribution in [0.3, 0.4) is 0 Å². The maximum absolute atomic E-state index is 2.08. The molecule has 0 aromatic heterocycles. The number of hydrogen-bond acceptors (Lipinski definition) is 0. The van der Waals surface area contributed by atoms with E-state index in [1.807, 2.05) is 25.5 Å². The molecule has 0 bridgehead atoms.